The van der Waals surface area contributed by atoms with Gasteiger partial charge in [0.1, 0.15) is 5.82 Å². The number of hydrogen-bond acceptors (Lipinski definition) is 2. The Morgan fingerprint density at radius 3 is 2.70 bits per heavy atom. The molecule has 0 bridgehead atoms. The van der Waals surface area contributed by atoms with Crippen molar-refractivity contribution in [2.24, 2.45) is 0 Å². The van der Waals surface area contributed by atoms with Crippen LogP contribution in [0, 0.1) is 5.82 Å². The monoisotopic (exact) mass is 320 g/mol. The largest absolute Gasteiger partial charge is 0.314 e. The van der Waals surface area contributed by atoms with E-state index in [1.165, 1.54) is 6.07 Å². The Labute approximate surface area is 132 Å². The van der Waals surface area contributed by atoms with Gasteiger partial charge in [0, 0.05) is 32.2 Å². The molecule has 0 spiro atoms. The number of benzene rings is 1. The van der Waals surface area contributed by atoms with Crippen molar-refractivity contribution in [2.75, 3.05) is 26.2 Å². The highest BCUT2D eigenvalue weighted by Crippen LogP contribution is 2.33. The number of unbranched alkanes of at least 4 members (excludes halogenated alkanes) is 1. The zero-order valence-corrected chi connectivity index (χ0v) is 13.4. The number of hydrogen-bond donors (Lipinski definition) is 1. The van der Waals surface area contributed by atoms with E-state index < -0.39 is 0 Å². The normalized spacial score (nSPS) is 17.6. The van der Waals surface area contributed by atoms with E-state index in [0.717, 1.165) is 51.0 Å². The average Bonchev–Trinajstić information content (AvgIpc) is 2.45. The Balaban J connectivity index is 0.00000200. The molecule has 1 N–H and O–H groups in total. The van der Waals surface area contributed by atoms with Gasteiger partial charge in [-0.3, -0.25) is 4.90 Å². The van der Waals surface area contributed by atoms with Gasteiger partial charge in [0.2, 0.25) is 0 Å². The minimum atomic E-state index is -0.309. The fraction of sp³-hybridized carbons (Fsp3) is 0.600. The summed E-state index contributed by atoms with van der Waals surface area (Å²) >= 11 is 6.17. The third-order valence-corrected chi connectivity index (χ3v) is 4.16. The van der Waals surface area contributed by atoms with Crippen LogP contribution in [0.15, 0.2) is 18.2 Å². The molecule has 5 heteroatoms. The van der Waals surface area contributed by atoms with E-state index in [4.69, 9.17) is 11.6 Å². The molecule has 20 heavy (non-hydrogen) atoms. The lowest BCUT2D eigenvalue weighted by Gasteiger charge is -2.35. The third kappa shape index (κ3) is 4.32. The average molecular weight is 321 g/mol. The van der Waals surface area contributed by atoms with Crippen LogP contribution in [0.3, 0.4) is 0 Å². The Hall–Kier alpha value is -0.350. The summed E-state index contributed by atoms with van der Waals surface area (Å²) in [5.41, 5.74) is 0.942. The second-order valence-corrected chi connectivity index (χ2v) is 5.47. The SMILES string of the molecule is CCCC[C@@H](c1cccc(F)c1Cl)N1CCNCC1.Cl. The molecule has 0 unspecified atom stereocenters. The van der Waals surface area contributed by atoms with E-state index in [1.807, 2.05) is 6.07 Å². The van der Waals surface area contributed by atoms with Gasteiger partial charge in [-0.05, 0) is 18.1 Å². The van der Waals surface area contributed by atoms with Crippen LogP contribution >= 0.6 is 24.0 Å². The second kappa shape index (κ2) is 8.83. The van der Waals surface area contributed by atoms with Gasteiger partial charge < -0.3 is 5.32 Å². The van der Waals surface area contributed by atoms with Crippen molar-refractivity contribution in [1.82, 2.24) is 10.2 Å². The van der Waals surface area contributed by atoms with Crippen molar-refractivity contribution < 1.29 is 4.39 Å². The predicted octanol–water partition coefficient (Wildman–Crippen LogP) is 4.04. The molecule has 1 aromatic carbocycles. The standard InChI is InChI=1S/C15H22ClFN2.ClH/c1-2-3-7-14(19-10-8-18-9-11-19)12-5-4-6-13(17)15(12)16;/h4-6,14,18H,2-3,7-11H2,1H3;1H/t14-;/m0./s1. The van der Waals surface area contributed by atoms with E-state index in [-0.39, 0.29) is 24.3 Å². The Morgan fingerprint density at radius 1 is 1.35 bits per heavy atom. The molecule has 0 amide bonds. The summed E-state index contributed by atoms with van der Waals surface area (Å²) < 4.78 is 13.7. The van der Waals surface area contributed by atoms with Crippen molar-refractivity contribution in [3.63, 3.8) is 0 Å². The van der Waals surface area contributed by atoms with Gasteiger partial charge in [-0.15, -0.1) is 12.4 Å². The number of piperazine rings is 1. The fourth-order valence-corrected chi connectivity index (χ4v) is 2.96. The first-order valence-electron chi connectivity index (χ1n) is 7.12. The molecule has 2 rings (SSSR count). The summed E-state index contributed by atoms with van der Waals surface area (Å²) in [4.78, 5) is 2.42. The zero-order valence-electron chi connectivity index (χ0n) is 11.9. The van der Waals surface area contributed by atoms with Crippen LogP contribution in [0.4, 0.5) is 4.39 Å². The molecule has 1 heterocycles. The van der Waals surface area contributed by atoms with Gasteiger partial charge in [0.15, 0.2) is 0 Å². The minimum Gasteiger partial charge on any atom is -0.314 e. The van der Waals surface area contributed by atoms with E-state index in [1.54, 1.807) is 6.07 Å². The lowest BCUT2D eigenvalue weighted by atomic mass is 9.98. The molecule has 0 aliphatic carbocycles. The Bertz CT molecular complexity index is 409. The maximum absolute atomic E-state index is 13.7. The van der Waals surface area contributed by atoms with Crippen LogP contribution in [-0.4, -0.2) is 31.1 Å². The maximum atomic E-state index is 13.7. The third-order valence-electron chi connectivity index (χ3n) is 3.76. The zero-order chi connectivity index (χ0) is 13.7. The number of nitrogens with one attached hydrogen (secondary N) is 1. The lowest BCUT2D eigenvalue weighted by molar-refractivity contribution is 0.163. The molecule has 1 aliphatic heterocycles. The highest BCUT2D eigenvalue weighted by molar-refractivity contribution is 6.31. The van der Waals surface area contributed by atoms with Crippen LogP contribution in [-0.2, 0) is 0 Å². The van der Waals surface area contributed by atoms with Gasteiger partial charge in [-0.1, -0.05) is 43.5 Å². The summed E-state index contributed by atoms with van der Waals surface area (Å²) in [6.45, 7) is 6.18. The minimum absolute atomic E-state index is 0. The summed E-state index contributed by atoms with van der Waals surface area (Å²) in [7, 11) is 0. The Morgan fingerprint density at radius 2 is 2.05 bits per heavy atom. The van der Waals surface area contributed by atoms with Gasteiger partial charge >= 0.3 is 0 Å². The first kappa shape index (κ1) is 17.7. The van der Waals surface area contributed by atoms with Crippen molar-refractivity contribution in [1.29, 1.82) is 0 Å². The smallest absolute Gasteiger partial charge is 0.142 e. The molecule has 1 aromatic rings. The van der Waals surface area contributed by atoms with Crippen LogP contribution in [0.25, 0.3) is 0 Å². The van der Waals surface area contributed by atoms with Crippen molar-refractivity contribution in [3.05, 3.63) is 34.6 Å². The highest BCUT2D eigenvalue weighted by Gasteiger charge is 2.24. The molecule has 0 radical (unpaired) electrons. The molecule has 0 aromatic heterocycles. The van der Waals surface area contributed by atoms with Crippen LogP contribution in [0.1, 0.15) is 37.8 Å². The molecule has 114 valence electrons. The Kier molecular flexibility index (Phi) is 7.82. The molecule has 1 fully saturated rings. The van der Waals surface area contributed by atoms with E-state index in [0.29, 0.717) is 5.02 Å². The first-order valence-corrected chi connectivity index (χ1v) is 7.50. The molecule has 1 aliphatic rings. The van der Waals surface area contributed by atoms with E-state index >= 15 is 0 Å². The summed E-state index contributed by atoms with van der Waals surface area (Å²) in [6, 6.07) is 5.40. The fourth-order valence-electron chi connectivity index (χ4n) is 2.70. The number of nitrogens with zero attached hydrogens (tertiary/aromatic N) is 1. The number of rotatable bonds is 5. The molecule has 0 saturated carbocycles. The maximum Gasteiger partial charge on any atom is 0.142 e. The van der Waals surface area contributed by atoms with Crippen molar-refractivity contribution in [3.8, 4) is 0 Å². The lowest BCUT2D eigenvalue weighted by Crippen LogP contribution is -2.45. The number of halogens is 3. The van der Waals surface area contributed by atoms with E-state index in [2.05, 4.69) is 17.1 Å². The first-order chi connectivity index (χ1) is 9.24. The summed E-state index contributed by atoms with van der Waals surface area (Å²) in [5.74, 6) is -0.309. The van der Waals surface area contributed by atoms with Crippen LogP contribution in [0.2, 0.25) is 5.02 Å². The van der Waals surface area contributed by atoms with Crippen molar-refractivity contribution in [2.45, 2.75) is 32.2 Å². The second-order valence-electron chi connectivity index (χ2n) is 5.09. The van der Waals surface area contributed by atoms with E-state index in [9.17, 15) is 4.39 Å². The quantitative estimate of drug-likeness (QED) is 0.880. The van der Waals surface area contributed by atoms with Gasteiger partial charge in [0.05, 0.1) is 5.02 Å². The molecule has 2 nitrogen and oxygen atoms in total. The summed E-state index contributed by atoms with van der Waals surface area (Å²) in [6.07, 6.45) is 3.33. The van der Waals surface area contributed by atoms with Gasteiger partial charge in [-0.25, -0.2) is 4.39 Å². The predicted molar refractivity (Wildman–Crippen MR) is 85.4 cm³/mol. The van der Waals surface area contributed by atoms with Gasteiger partial charge in [-0.2, -0.15) is 0 Å². The summed E-state index contributed by atoms with van der Waals surface area (Å²) in [5, 5.41) is 3.65. The molecular formula is C15H23Cl2FN2. The molecular weight excluding hydrogens is 298 g/mol. The van der Waals surface area contributed by atoms with Crippen LogP contribution < -0.4 is 5.32 Å². The molecule has 1 atom stereocenters. The molecule has 1 saturated heterocycles. The van der Waals surface area contributed by atoms with Crippen LogP contribution in [0.5, 0.6) is 0 Å². The highest BCUT2D eigenvalue weighted by atomic mass is 35.5. The van der Waals surface area contributed by atoms with Gasteiger partial charge in [0.25, 0.3) is 0 Å². The van der Waals surface area contributed by atoms with Crippen molar-refractivity contribution >= 4 is 24.0 Å². The topological polar surface area (TPSA) is 15.3 Å².